The van der Waals surface area contributed by atoms with Crippen LogP contribution < -0.4 is 10.2 Å². The van der Waals surface area contributed by atoms with Crippen LogP contribution in [-0.2, 0) is 14.8 Å². The van der Waals surface area contributed by atoms with Gasteiger partial charge in [0.1, 0.15) is 5.84 Å². The number of halogens is 1. The number of hydrogen-bond donors (Lipinski definition) is 1. The summed E-state index contributed by atoms with van der Waals surface area (Å²) in [5.74, 6) is 0.0318. The van der Waals surface area contributed by atoms with Crippen molar-refractivity contribution >= 4 is 45.0 Å². The van der Waals surface area contributed by atoms with Crippen LogP contribution in [0.1, 0.15) is 22.3 Å². The van der Waals surface area contributed by atoms with Crippen molar-refractivity contribution in [2.75, 3.05) is 38.3 Å². The Labute approximate surface area is 192 Å². The molecule has 1 fully saturated rings. The molecule has 0 bridgehead atoms. The lowest BCUT2D eigenvalue weighted by atomic mass is 10.1. The summed E-state index contributed by atoms with van der Waals surface area (Å²) in [6.45, 7) is 0.851. The highest BCUT2D eigenvalue weighted by Gasteiger charge is 2.31. The molecule has 2 aromatic carbocycles. The number of benzene rings is 2. The predicted octanol–water partition coefficient (Wildman–Crippen LogP) is 2.39. The maximum atomic E-state index is 12.5. The second kappa shape index (κ2) is 9.70. The molecule has 1 saturated heterocycles. The van der Waals surface area contributed by atoms with E-state index in [1.165, 1.54) is 0 Å². The number of anilines is 1. The Balaban J connectivity index is 1.66. The first-order valence-electron chi connectivity index (χ1n) is 9.95. The molecule has 0 spiro atoms. The smallest absolute Gasteiger partial charge is 0.252 e. The van der Waals surface area contributed by atoms with E-state index in [1.54, 1.807) is 72.4 Å². The van der Waals surface area contributed by atoms with Crippen molar-refractivity contribution in [3.05, 3.63) is 64.7 Å². The molecular weight excluding hydrogens is 452 g/mol. The van der Waals surface area contributed by atoms with Crippen LogP contribution in [0.5, 0.6) is 0 Å². The van der Waals surface area contributed by atoms with Crippen molar-refractivity contribution in [2.45, 2.75) is 6.42 Å². The largest absolute Gasteiger partial charge is 0.362 e. The molecule has 0 saturated carbocycles. The van der Waals surface area contributed by atoms with E-state index in [9.17, 15) is 18.0 Å². The van der Waals surface area contributed by atoms with Gasteiger partial charge in [0.15, 0.2) is 0 Å². The molecule has 1 unspecified atom stereocenters. The van der Waals surface area contributed by atoms with Gasteiger partial charge in [0.2, 0.25) is 5.91 Å². The molecule has 1 N–H and O–H groups in total. The molecule has 0 aromatic heterocycles. The molecule has 32 heavy (non-hydrogen) atoms. The molecule has 1 atom stereocenters. The topological polar surface area (TPSA) is 99.2 Å². The summed E-state index contributed by atoms with van der Waals surface area (Å²) < 4.78 is 27.0. The minimum atomic E-state index is -3.55. The van der Waals surface area contributed by atoms with Crippen molar-refractivity contribution in [3.63, 3.8) is 0 Å². The molecule has 1 aliphatic heterocycles. The Kier molecular flexibility index (Phi) is 7.20. The summed E-state index contributed by atoms with van der Waals surface area (Å²) >= 11 is 5.93. The van der Waals surface area contributed by atoms with Crippen LogP contribution in [-0.4, -0.2) is 64.4 Å². The molecule has 1 aliphatic rings. The predicted molar refractivity (Wildman–Crippen MR) is 126 cm³/mol. The molecule has 0 radical (unpaired) electrons. The van der Waals surface area contributed by atoms with Gasteiger partial charge in [-0.05, 0) is 42.5 Å². The van der Waals surface area contributed by atoms with E-state index in [4.69, 9.17) is 11.6 Å². The maximum absolute atomic E-state index is 12.5. The van der Waals surface area contributed by atoms with Crippen molar-refractivity contribution < 1.29 is 18.0 Å². The number of amides is 2. The zero-order valence-electron chi connectivity index (χ0n) is 18.1. The van der Waals surface area contributed by atoms with Crippen LogP contribution in [0.15, 0.2) is 52.9 Å². The molecule has 2 amide bonds. The summed E-state index contributed by atoms with van der Waals surface area (Å²) in [5.41, 5.74) is 1.81. The number of sulfonamides is 1. The van der Waals surface area contributed by atoms with Crippen LogP contribution in [0.2, 0.25) is 5.02 Å². The Morgan fingerprint density at radius 1 is 1.19 bits per heavy atom. The molecule has 3 rings (SSSR count). The minimum absolute atomic E-state index is 0.0190. The third-order valence-corrected chi connectivity index (χ3v) is 5.70. The molecule has 1 heterocycles. The number of carbonyl (C=O) groups is 2. The Bertz CT molecular complexity index is 1150. The molecule has 8 nitrogen and oxygen atoms in total. The SMILES string of the molecule is CN(C)C(=NS(C)(=O)=O)c1ccc(N2CC(CNC(=O)c3cccc(Cl)c3)CC2=O)cc1. The van der Waals surface area contributed by atoms with Gasteiger partial charge in [-0.3, -0.25) is 9.59 Å². The average molecular weight is 477 g/mol. The van der Waals surface area contributed by atoms with Crippen molar-refractivity contribution in [2.24, 2.45) is 10.3 Å². The molecule has 0 aliphatic carbocycles. The van der Waals surface area contributed by atoms with E-state index in [0.717, 1.165) is 6.26 Å². The number of rotatable bonds is 6. The fourth-order valence-corrected chi connectivity index (χ4v) is 4.25. The summed E-state index contributed by atoms with van der Waals surface area (Å²) in [4.78, 5) is 28.1. The molecular formula is C22H25ClN4O4S. The quantitative estimate of drug-likeness (QED) is 0.509. The van der Waals surface area contributed by atoms with Gasteiger partial charge in [-0.2, -0.15) is 0 Å². The summed E-state index contributed by atoms with van der Waals surface area (Å²) in [5, 5.41) is 3.35. The summed E-state index contributed by atoms with van der Waals surface area (Å²) in [7, 11) is -0.129. The van der Waals surface area contributed by atoms with Crippen LogP contribution in [0.3, 0.4) is 0 Å². The molecule has 170 valence electrons. The van der Waals surface area contributed by atoms with Gasteiger partial charge in [0, 0.05) is 61.4 Å². The number of amidine groups is 1. The first kappa shape index (κ1) is 23.7. The van der Waals surface area contributed by atoms with Gasteiger partial charge < -0.3 is 15.1 Å². The Hall–Kier alpha value is -2.91. The number of nitrogens with zero attached hydrogens (tertiary/aromatic N) is 3. The second-order valence-electron chi connectivity index (χ2n) is 7.88. The molecule has 10 heteroatoms. The standard InChI is InChI=1S/C22H25ClN4O4S/c1-26(2)21(25-32(3,30)31)16-7-9-19(10-8-16)27-14-15(11-20(27)28)13-24-22(29)17-5-4-6-18(23)12-17/h4-10,12,15H,11,13-14H2,1-3H3,(H,24,29). The second-order valence-corrected chi connectivity index (χ2v) is 9.97. The van der Waals surface area contributed by atoms with E-state index < -0.39 is 10.0 Å². The van der Waals surface area contributed by atoms with Crippen molar-refractivity contribution in [1.29, 1.82) is 0 Å². The van der Waals surface area contributed by atoms with Crippen LogP contribution in [0.4, 0.5) is 5.69 Å². The van der Waals surface area contributed by atoms with E-state index in [0.29, 0.717) is 47.2 Å². The summed E-state index contributed by atoms with van der Waals surface area (Å²) in [6, 6.07) is 13.7. The Morgan fingerprint density at radius 2 is 1.88 bits per heavy atom. The highest BCUT2D eigenvalue weighted by Crippen LogP contribution is 2.25. The average Bonchev–Trinajstić information content (AvgIpc) is 3.10. The monoisotopic (exact) mass is 476 g/mol. The fraction of sp³-hybridized carbons (Fsp3) is 0.318. The van der Waals surface area contributed by atoms with Gasteiger partial charge in [0.05, 0.1) is 6.26 Å². The zero-order chi connectivity index (χ0) is 23.5. The van der Waals surface area contributed by atoms with Crippen LogP contribution in [0.25, 0.3) is 0 Å². The van der Waals surface area contributed by atoms with E-state index in [-0.39, 0.29) is 17.7 Å². The van der Waals surface area contributed by atoms with Crippen molar-refractivity contribution in [1.82, 2.24) is 10.2 Å². The first-order valence-corrected chi connectivity index (χ1v) is 12.2. The minimum Gasteiger partial charge on any atom is -0.362 e. The van der Waals surface area contributed by atoms with Gasteiger partial charge in [-0.1, -0.05) is 17.7 Å². The van der Waals surface area contributed by atoms with Gasteiger partial charge in [-0.25, -0.2) is 8.42 Å². The first-order chi connectivity index (χ1) is 15.0. The lowest BCUT2D eigenvalue weighted by Gasteiger charge is -2.19. The maximum Gasteiger partial charge on any atom is 0.252 e. The third kappa shape index (κ3) is 6.08. The molecule has 2 aromatic rings. The highest BCUT2D eigenvalue weighted by molar-refractivity contribution is 7.89. The lowest BCUT2D eigenvalue weighted by molar-refractivity contribution is -0.117. The fourth-order valence-electron chi connectivity index (χ4n) is 3.48. The third-order valence-electron chi connectivity index (χ3n) is 4.96. The lowest BCUT2D eigenvalue weighted by Crippen LogP contribution is -2.31. The number of nitrogens with one attached hydrogen (secondary N) is 1. The van der Waals surface area contributed by atoms with Gasteiger partial charge >= 0.3 is 0 Å². The van der Waals surface area contributed by atoms with Crippen LogP contribution in [0, 0.1) is 5.92 Å². The van der Waals surface area contributed by atoms with Crippen molar-refractivity contribution in [3.8, 4) is 0 Å². The number of carbonyl (C=O) groups excluding carboxylic acids is 2. The highest BCUT2D eigenvalue weighted by atomic mass is 35.5. The summed E-state index contributed by atoms with van der Waals surface area (Å²) in [6.07, 6.45) is 1.37. The van der Waals surface area contributed by atoms with E-state index in [2.05, 4.69) is 9.71 Å². The van der Waals surface area contributed by atoms with Gasteiger partial charge in [0.25, 0.3) is 15.9 Å². The van der Waals surface area contributed by atoms with E-state index >= 15 is 0 Å². The normalized spacial score (nSPS) is 16.9. The van der Waals surface area contributed by atoms with Crippen LogP contribution >= 0.6 is 11.6 Å². The van der Waals surface area contributed by atoms with Gasteiger partial charge in [-0.15, -0.1) is 4.40 Å². The van der Waals surface area contributed by atoms with E-state index in [1.807, 2.05) is 0 Å². The zero-order valence-corrected chi connectivity index (χ0v) is 19.7. The number of hydrogen-bond acceptors (Lipinski definition) is 4. The Morgan fingerprint density at radius 3 is 2.47 bits per heavy atom.